The number of piperidine rings is 1. The van der Waals surface area contributed by atoms with E-state index in [-0.39, 0.29) is 5.91 Å². The van der Waals surface area contributed by atoms with E-state index < -0.39 is 0 Å². The van der Waals surface area contributed by atoms with E-state index in [9.17, 15) is 9.59 Å². The average Bonchev–Trinajstić information content (AvgIpc) is 2.80. The van der Waals surface area contributed by atoms with E-state index in [1.54, 1.807) is 22.2 Å². The molecule has 3 heterocycles. The second kappa shape index (κ2) is 8.94. The van der Waals surface area contributed by atoms with E-state index in [0.29, 0.717) is 31.7 Å². The Morgan fingerprint density at radius 2 is 1.62 bits per heavy atom. The van der Waals surface area contributed by atoms with Gasteiger partial charge in [-0.1, -0.05) is 0 Å². The van der Waals surface area contributed by atoms with Gasteiger partial charge in [0, 0.05) is 56.8 Å². The Hall–Kier alpha value is -3.09. The zero-order valence-corrected chi connectivity index (χ0v) is 16.6. The molecule has 152 valence electrons. The van der Waals surface area contributed by atoms with Crippen molar-refractivity contribution < 1.29 is 9.59 Å². The highest BCUT2D eigenvalue weighted by molar-refractivity contribution is 5.95. The van der Waals surface area contributed by atoms with Crippen LogP contribution < -0.4 is 10.2 Å². The Labute approximate surface area is 171 Å². The van der Waals surface area contributed by atoms with Crippen molar-refractivity contribution in [1.82, 2.24) is 14.8 Å². The number of rotatable bonds is 5. The lowest BCUT2D eigenvalue weighted by Gasteiger charge is -2.32. The van der Waals surface area contributed by atoms with Gasteiger partial charge < -0.3 is 20.0 Å². The topological polar surface area (TPSA) is 68.8 Å². The maximum atomic E-state index is 12.8. The number of nitrogens with zero attached hydrogens (tertiary/aromatic N) is 4. The smallest absolute Gasteiger partial charge is 0.255 e. The number of piperazine rings is 1. The summed E-state index contributed by atoms with van der Waals surface area (Å²) in [4.78, 5) is 33.7. The molecule has 29 heavy (non-hydrogen) atoms. The molecular weight excluding hydrogens is 366 g/mol. The normalized spacial score (nSPS) is 17.2. The summed E-state index contributed by atoms with van der Waals surface area (Å²) in [6.45, 7) is 4.50. The van der Waals surface area contributed by atoms with Crippen LogP contribution in [0.3, 0.4) is 0 Å². The molecule has 2 aromatic rings. The summed E-state index contributed by atoms with van der Waals surface area (Å²) < 4.78 is 0. The van der Waals surface area contributed by atoms with E-state index in [0.717, 1.165) is 30.9 Å². The van der Waals surface area contributed by atoms with Crippen molar-refractivity contribution in [3.8, 4) is 0 Å². The number of aromatic nitrogens is 1. The lowest BCUT2D eigenvalue weighted by molar-refractivity contribution is -0.119. The van der Waals surface area contributed by atoms with E-state index in [1.165, 1.54) is 24.9 Å². The number of pyridine rings is 1. The van der Waals surface area contributed by atoms with Crippen LogP contribution in [0.1, 0.15) is 29.6 Å². The molecule has 2 saturated heterocycles. The van der Waals surface area contributed by atoms with Crippen molar-refractivity contribution in [2.24, 2.45) is 0 Å². The molecule has 7 nitrogen and oxygen atoms in total. The van der Waals surface area contributed by atoms with Crippen LogP contribution >= 0.6 is 0 Å². The average molecular weight is 393 g/mol. The van der Waals surface area contributed by atoms with E-state index in [4.69, 9.17) is 0 Å². The van der Waals surface area contributed by atoms with Crippen LogP contribution in [0.2, 0.25) is 0 Å². The number of hydrogen-bond donors (Lipinski definition) is 1. The summed E-state index contributed by atoms with van der Waals surface area (Å²) in [6, 6.07) is 10.2. The second-order valence-electron chi connectivity index (χ2n) is 7.62. The Kier molecular flexibility index (Phi) is 5.93. The Balaban J connectivity index is 1.39. The van der Waals surface area contributed by atoms with Crippen molar-refractivity contribution >= 4 is 29.4 Å². The number of anilines is 3. The van der Waals surface area contributed by atoms with Crippen LogP contribution in [-0.4, -0.2) is 66.4 Å². The molecule has 0 atom stereocenters. The minimum absolute atomic E-state index is 0.0489. The molecule has 2 amide bonds. The standard InChI is InChI=1S/C22H27N5O2/c28-17-25-10-12-27(13-11-25)22(29)18-14-20(16-23-15-18)24-19-4-6-21(7-5-19)26-8-2-1-3-9-26/h4-7,14-17,24H,1-3,8-13H2. The fourth-order valence-corrected chi connectivity index (χ4v) is 3.91. The lowest BCUT2D eigenvalue weighted by atomic mass is 10.1. The summed E-state index contributed by atoms with van der Waals surface area (Å²) in [5.74, 6) is -0.0489. The molecule has 0 saturated carbocycles. The molecule has 2 aliphatic heterocycles. The number of carbonyl (C=O) groups is 2. The zero-order chi connectivity index (χ0) is 20.1. The van der Waals surface area contributed by atoms with Crippen molar-refractivity contribution in [3.63, 3.8) is 0 Å². The van der Waals surface area contributed by atoms with E-state index in [1.807, 2.05) is 6.07 Å². The molecule has 0 unspecified atom stereocenters. The predicted molar refractivity (Wildman–Crippen MR) is 114 cm³/mol. The summed E-state index contributed by atoms with van der Waals surface area (Å²) in [6.07, 6.45) is 8.00. The van der Waals surface area contributed by atoms with Gasteiger partial charge in [-0.05, 0) is 49.6 Å². The number of hydrogen-bond acceptors (Lipinski definition) is 5. The quantitative estimate of drug-likeness (QED) is 0.791. The molecular formula is C22H27N5O2. The first-order chi connectivity index (χ1) is 14.2. The summed E-state index contributed by atoms with van der Waals surface area (Å²) in [7, 11) is 0. The van der Waals surface area contributed by atoms with Crippen molar-refractivity contribution in [2.45, 2.75) is 19.3 Å². The van der Waals surface area contributed by atoms with Gasteiger partial charge in [-0.15, -0.1) is 0 Å². The van der Waals surface area contributed by atoms with Gasteiger partial charge >= 0.3 is 0 Å². The van der Waals surface area contributed by atoms with Crippen LogP contribution in [0, 0.1) is 0 Å². The Morgan fingerprint density at radius 3 is 2.31 bits per heavy atom. The summed E-state index contributed by atoms with van der Waals surface area (Å²) >= 11 is 0. The first-order valence-corrected chi connectivity index (χ1v) is 10.3. The molecule has 4 rings (SSSR count). The lowest BCUT2D eigenvalue weighted by Crippen LogP contribution is -2.48. The number of carbonyl (C=O) groups excluding carboxylic acids is 2. The highest BCUT2D eigenvalue weighted by Gasteiger charge is 2.21. The summed E-state index contributed by atoms with van der Waals surface area (Å²) in [5, 5.41) is 3.34. The third-order valence-electron chi connectivity index (χ3n) is 5.61. The fourth-order valence-electron chi connectivity index (χ4n) is 3.91. The molecule has 7 heteroatoms. The van der Waals surface area contributed by atoms with Gasteiger partial charge in [0.2, 0.25) is 6.41 Å². The van der Waals surface area contributed by atoms with Gasteiger partial charge in [-0.3, -0.25) is 14.6 Å². The third-order valence-corrected chi connectivity index (χ3v) is 5.61. The van der Waals surface area contributed by atoms with Crippen LogP contribution in [-0.2, 0) is 4.79 Å². The Morgan fingerprint density at radius 1 is 0.897 bits per heavy atom. The van der Waals surface area contributed by atoms with E-state index in [2.05, 4.69) is 39.5 Å². The second-order valence-corrected chi connectivity index (χ2v) is 7.62. The van der Waals surface area contributed by atoms with Gasteiger partial charge in [0.1, 0.15) is 0 Å². The van der Waals surface area contributed by atoms with Gasteiger partial charge in [0.15, 0.2) is 0 Å². The largest absolute Gasteiger partial charge is 0.372 e. The number of nitrogens with one attached hydrogen (secondary N) is 1. The molecule has 0 spiro atoms. The van der Waals surface area contributed by atoms with Crippen LogP contribution in [0.25, 0.3) is 0 Å². The molecule has 1 aromatic heterocycles. The summed E-state index contributed by atoms with van der Waals surface area (Å²) in [5.41, 5.74) is 3.57. The van der Waals surface area contributed by atoms with Gasteiger partial charge in [-0.25, -0.2) is 0 Å². The van der Waals surface area contributed by atoms with Gasteiger partial charge in [0.05, 0.1) is 17.4 Å². The minimum atomic E-state index is -0.0489. The molecule has 0 radical (unpaired) electrons. The molecule has 0 aliphatic carbocycles. The highest BCUT2D eigenvalue weighted by atomic mass is 16.2. The van der Waals surface area contributed by atoms with Gasteiger partial charge in [-0.2, -0.15) is 0 Å². The monoisotopic (exact) mass is 393 g/mol. The van der Waals surface area contributed by atoms with Crippen molar-refractivity contribution in [1.29, 1.82) is 0 Å². The molecule has 1 N–H and O–H groups in total. The molecule has 2 fully saturated rings. The minimum Gasteiger partial charge on any atom is -0.372 e. The number of amides is 2. The third kappa shape index (κ3) is 4.67. The van der Waals surface area contributed by atoms with Crippen LogP contribution in [0.5, 0.6) is 0 Å². The SMILES string of the molecule is O=CN1CCN(C(=O)c2cncc(Nc3ccc(N4CCCCC4)cc3)c2)CC1. The predicted octanol–water partition coefficient (Wildman–Crippen LogP) is 2.73. The fraction of sp³-hybridized carbons (Fsp3) is 0.409. The number of benzene rings is 1. The molecule has 2 aliphatic rings. The molecule has 0 bridgehead atoms. The molecule has 1 aromatic carbocycles. The first-order valence-electron chi connectivity index (χ1n) is 10.3. The van der Waals surface area contributed by atoms with Crippen molar-refractivity contribution in [2.75, 3.05) is 49.5 Å². The van der Waals surface area contributed by atoms with E-state index >= 15 is 0 Å². The maximum Gasteiger partial charge on any atom is 0.255 e. The first kappa shape index (κ1) is 19.2. The highest BCUT2D eigenvalue weighted by Crippen LogP contribution is 2.24. The maximum absolute atomic E-state index is 12.8. The van der Waals surface area contributed by atoms with Gasteiger partial charge in [0.25, 0.3) is 5.91 Å². The Bertz CT molecular complexity index is 841. The van der Waals surface area contributed by atoms with Crippen molar-refractivity contribution in [3.05, 3.63) is 48.3 Å². The van der Waals surface area contributed by atoms with Crippen LogP contribution in [0.15, 0.2) is 42.7 Å². The zero-order valence-electron chi connectivity index (χ0n) is 16.6. The van der Waals surface area contributed by atoms with Crippen LogP contribution in [0.4, 0.5) is 17.1 Å².